The quantitative estimate of drug-likeness (QED) is 0.0994. The van der Waals surface area contributed by atoms with E-state index in [1.165, 1.54) is 0 Å². The Morgan fingerprint density at radius 2 is 1.76 bits per heavy atom. The molecule has 0 aliphatic heterocycles. The predicted molar refractivity (Wildman–Crippen MR) is 146 cm³/mol. The van der Waals surface area contributed by atoms with Crippen molar-refractivity contribution < 1.29 is 30.2 Å². The van der Waals surface area contributed by atoms with Crippen LogP contribution >= 0.6 is 11.8 Å². The molecule has 1 aliphatic carbocycles. The van der Waals surface area contributed by atoms with Crippen LogP contribution in [0.25, 0.3) is 10.8 Å². The van der Waals surface area contributed by atoms with Crippen molar-refractivity contribution in [3.8, 4) is 11.6 Å². The average Bonchev–Trinajstić information content (AvgIpc) is 2.81. The maximum Gasteiger partial charge on any atom is 0.534 e. The molecular formula is C26H31F3N2O4S2Si. The minimum Gasteiger partial charge on any atom is -0.543 e. The van der Waals surface area contributed by atoms with E-state index in [1.807, 2.05) is 24.3 Å². The summed E-state index contributed by atoms with van der Waals surface area (Å²) in [5, 5.41) is 2.27. The second kappa shape index (κ2) is 10.0. The first kappa shape index (κ1) is 28.7. The van der Waals surface area contributed by atoms with E-state index in [-0.39, 0.29) is 22.5 Å². The fourth-order valence-corrected chi connectivity index (χ4v) is 6.12. The molecule has 0 amide bonds. The Morgan fingerprint density at radius 3 is 2.39 bits per heavy atom. The Labute approximate surface area is 226 Å². The van der Waals surface area contributed by atoms with Crippen molar-refractivity contribution in [2.75, 3.05) is 6.26 Å². The summed E-state index contributed by atoms with van der Waals surface area (Å²) in [5.74, 6) is 0.242. The van der Waals surface area contributed by atoms with Crippen LogP contribution in [0, 0.1) is 0 Å². The van der Waals surface area contributed by atoms with Crippen molar-refractivity contribution in [1.82, 2.24) is 9.97 Å². The summed E-state index contributed by atoms with van der Waals surface area (Å²) >= 11 is 1.11. The van der Waals surface area contributed by atoms with Crippen LogP contribution in [-0.4, -0.2) is 38.5 Å². The third-order valence-corrected chi connectivity index (χ3v) is 13.2. The van der Waals surface area contributed by atoms with Crippen LogP contribution < -0.4 is 8.61 Å². The molecule has 0 N–H and O–H groups in total. The molecule has 0 radical (unpaired) electrons. The molecule has 1 aromatic heterocycles. The van der Waals surface area contributed by atoms with Crippen LogP contribution in [0.15, 0.2) is 41.6 Å². The molecule has 38 heavy (non-hydrogen) atoms. The number of halogens is 3. The van der Waals surface area contributed by atoms with E-state index in [2.05, 4.69) is 60.1 Å². The monoisotopic (exact) mass is 584 g/mol. The van der Waals surface area contributed by atoms with E-state index < -0.39 is 29.8 Å². The summed E-state index contributed by atoms with van der Waals surface area (Å²) in [5.41, 5.74) is -3.69. The van der Waals surface area contributed by atoms with Crippen molar-refractivity contribution in [2.45, 2.75) is 74.7 Å². The van der Waals surface area contributed by atoms with Crippen molar-refractivity contribution in [3.63, 3.8) is 0 Å². The van der Waals surface area contributed by atoms with Crippen LogP contribution in [0.1, 0.15) is 49.9 Å². The number of alkyl halides is 3. The number of nitrogens with zero attached hydrogens (tertiary/aromatic N) is 2. The number of rotatable bonds is 6. The standard InChI is InChI=1S/C26H31F3N2O4S2Si/c1-25(2,3)38(5,6)35-18-13-16-9-7-8-10-19(16)21(15-18)17-11-12-20-22(14-17)30-24(36-4)31-23(20)34-37(32,33)26(27,28)29/h7-10,13,15,17H,11-12,14H2,1-6H3. The van der Waals surface area contributed by atoms with Crippen LogP contribution in [0.2, 0.25) is 18.1 Å². The normalized spacial score (nSPS) is 16.8. The van der Waals surface area contributed by atoms with Crippen molar-refractivity contribution in [3.05, 3.63) is 53.2 Å². The summed E-state index contributed by atoms with van der Waals surface area (Å²) < 4.78 is 73.7. The number of aromatic nitrogens is 2. The maximum atomic E-state index is 13.0. The summed E-state index contributed by atoms with van der Waals surface area (Å²) in [6.45, 7) is 10.9. The van der Waals surface area contributed by atoms with Crippen molar-refractivity contribution in [1.29, 1.82) is 0 Å². The van der Waals surface area contributed by atoms with Gasteiger partial charge in [-0.15, -0.1) is 0 Å². The van der Waals surface area contributed by atoms with Gasteiger partial charge in [0.25, 0.3) is 0 Å². The minimum atomic E-state index is -5.85. The first-order valence-electron chi connectivity index (χ1n) is 12.2. The molecule has 1 heterocycles. The highest BCUT2D eigenvalue weighted by Gasteiger charge is 2.49. The molecule has 12 heteroatoms. The highest BCUT2D eigenvalue weighted by Crippen LogP contribution is 2.43. The zero-order chi connectivity index (χ0) is 28.1. The molecule has 0 bridgehead atoms. The second-order valence-corrected chi connectivity index (χ2v) is 18.0. The SMILES string of the molecule is CSc1nc2c(c(OS(=O)(=O)C(F)(F)F)n1)CCC(c1cc(O[Si](C)(C)C(C)(C)C)cc3ccccc13)C2. The fraction of sp³-hybridized carbons (Fsp3) is 0.462. The average molecular weight is 585 g/mol. The zero-order valence-electron chi connectivity index (χ0n) is 22.1. The van der Waals surface area contributed by atoms with Crippen LogP contribution in [0.3, 0.4) is 0 Å². The van der Waals surface area contributed by atoms with Crippen molar-refractivity contribution >= 4 is 41.0 Å². The Kier molecular flexibility index (Phi) is 7.56. The smallest absolute Gasteiger partial charge is 0.534 e. The van der Waals surface area contributed by atoms with E-state index in [9.17, 15) is 21.6 Å². The highest BCUT2D eigenvalue weighted by atomic mass is 32.2. The lowest BCUT2D eigenvalue weighted by Gasteiger charge is -2.37. The largest absolute Gasteiger partial charge is 0.543 e. The lowest BCUT2D eigenvalue weighted by molar-refractivity contribution is -0.0502. The Morgan fingerprint density at radius 1 is 1.08 bits per heavy atom. The van der Waals surface area contributed by atoms with E-state index in [4.69, 9.17) is 4.43 Å². The first-order chi connectivity index (χ1) is 17.5. The molecule has 4 rings (SSSR count). The molecule has 1 atom stereocenters. The van der Waals surface area contributed by atoms with Gasteiger partial charge >= 0.3 is 15.6 Å². The van der Waals surface area contributed by atoms with E-state index >= 15 is 0 Å². The Hall–Kier alpha value is -2.31. The molecule has 2 aromatic carbocycles. The number of hydrogen-bond acceptors (Lipinski definition) is 7. The molecule has 206 valence electrons. The third-order valence-electron chi connectivity index (χ3n) is 7.36. The Bertz CT molecular complexity index is 1470. The lowest BCUT2D eigenvalue weighted by atomic mass is 9.81. The van der Waals surface area contributed by atoms with Gasteiger partial charge in [0.05, 0.1) is 5.69 Å². The van der Waals surface area contributed by atoms with Gasteiger partial charge in [-0.3, -0.25) is 0 Å². The minimum absolute atomic E-state index is 0.00737. The molecule has 1 aliphatic rings. The lowest BCUT2D eigenvalue weighted by Crippen LogP contribution is -2.43. The van der Waals surface area contributed by atoms with Gasteiger partial charge in [-0.05, 0) is 78.0 Å². The molecule has 0 fully saturated rings. The molecule has 0 spiro atoms. The summed E-state index contributed by atoms with van der Waals surface area (Å²) in [7, 11) is -7.96. The first-order valence-corrected chi connectivity index (χ1v) is 17.7. The molecule has 3 aromatic rings. The van der Waals surface area contributed by atoms with Gasteiger partial charge in [0.2, 0.25) is 14.2 Å². The maximum absolute atomic E-state index is 13.0. The summed E-state index contributed by atoms with van der Waals surface area (Å²) in [4.78, 5) is 8.49. The van der Waals surface area contributed by atoms with Gasteiger partial charge in [0.1, 0.15) is 5.75 Å². The van der Waals surface area contributed by atoms with Crippen molar-refractivity contribution in [2.24, 2.45) is 0 Å². The molecule has 1 unspecified atom stereocenters. The van der Waals surface area contributed by atoms with Gasteiger partial charge in [-0.25, -0.2) is 4.98 Å². The van der Waals surface area contributed by atoms with E-state index in [0.717, 1.165) is 33.8 Å². The number of hydrogen-bond donors (Lipinski definition) is 0. The topological polar surface area (TPSA) is 78.4 Å². The molecular weight excluding hydrogens is 554 g/mol. The Balaban J connectivity index is 1.76. The number of benzene rings is 2. The fourth-order valence-electron chi connectivity index (χ4n) is 4.29. The van der Waals surface area contributed by atoms with E-state index in [1.54, 1.807) is 6.26 Å². The van der Waals surface area contributed by atoms with Gasteiger partial charge in [0, 0.05) is 5.56 Å². The van der Waals surface area contributed by atoms with Gasteiger partial charge < -0.3 is 8.61 Å². The predicted octanol–water partition coefficient (Wildman–Crippen LogP) is 7.24. The molecule has 0 saturated carbocycles. The third kappa shape index (κ3) is 5.67. The van der Waals surface area contributed by atoms with E-state index in [0.29, 0.717) is 24.1 Å². The summed E-state index contributed by atoms with van der Waals surface area (Å²) in [6, 6.07) is 12.2. The highest BCUT2D eigenvalue weighted by molar-refractivity contribution is 7.98. The van der Waals surface area contributed by atoms with Gasteiger partial charge in [-0.2, -0.15) is 26.6 Å². The summed E-state index contributed by atoms with van der Waals surface area (Å²) in [6.07, 6.45) is 2.91. The van der Waals surface area contributed by atoms with Gasteiger partial charge in [-0.1, -0.05) is 56.8 Å². The van der Waals surface area contributed by atoms with Crippen LogP contribution in [0.4, 0.5) is 13.2 Å². The second-order valence-electron chi connectivity index (χ2n) is 11.0. The van der Waals surface area contributed by atoms with Gasteiger partial charge in [0.15, 0.2) is 5.16 Å². The number of thioether (sulfide) groups is 1. The number of fused-ring (bicyclic) bond motifs is 2. The molecule has 0 saturated heterocycles. The molecule has 6 nitrogen and oxygen atoms in total. The zero-order valence-corrected chi connectivity index (χ0v) is 24.8. The van der Waals surface area contributed by atoms with Crippen LogP contribution in [0.5, 0.6) is 11.6 Å². The van der Waals surface area contributed by atoms with Crippen LogP contribution in [-0.2, 0) is 23.0 Å².